The summed E-state index contributed by atoms with van der Waals surface area (Å²) >= 11 is 5.74. The lowest BCUT2D eigenvalue weighted by Gasteiger charge is -2.03. The van der Waals surface area contributed by atoms with Crippen LogP contribution < -0.4 is 11.5 Å². The first-order chi connectivity index (χ1) is 7.58. The molecule has 0 aliphatic rings. The minimum Gasteiger partial charge on any atom is -0.396 e. The molecule has 0 saturated heterocycles. The van der Waals surface area contributed by atoms with Crippen molar-refractivity contribution in [1.82, 2.24) is 14.8 Å². The zero-order valence-electron chi connectivity index (χ0n) is 8.09. The summed E-state index contributed by atoms with van der Waals surface area (Å²) in [5, 5.41) is 4.22. The minimum absolute atomic E-state index is 0.279. The van der Waals surface area contributed by atoms with Crippen LogP contribution >= 0.6 is 11.6 Å². The summed E-state index contributed by atoms with van der Waals surface area (Å²) in [5.41, 5.74) is 11.5. The summed E-state index contributed by atoms with van der Waals surface area (Å²) in [6.07, 6.45) is 2.78. The first kappa shape index (κ1) is 10.4. The van der Waals surface area contributed by atoms with E-state index in [0.29, 0.717) is 16.7 Å². The van der Waals surface area contributed by atoms with Crippen LogP contribution in [0.5, 0.6) is 0 Å². The Hall–Kier alpha value is -2.08. The van der Waals surface area contributed by atoms with Crippen LogP contribution in [0.15, 0.2) is 24.5 Å². The van der Waals surface area contributed by atoms with Crippen LogP contribution in [0, 0.1) is 0 Å². The number of aromatic nitrogens is 3. The molecule has 0 aliphatic carbocycles. The van der Waals surface area contributed by atoms with Crippen molar-refractivity contribution in [3.8, 4) is 5.82 Å². The van der Waals surface area contributed by atoms with Gasteiger partial charge in [-0.05, 0) is 12.1 Å². The van der Waals surface area contributed by atoms with Gasteiger partial charge in [0.15, 0.2) is 5.82 Å². The van der Waals surface area contributed by atoms with Gasteiger partial charge in [0, 0.05) is 6.20 Å². The van der Waals surface area contributed by atoms with E-state index in [0.717, 1.165) is 0 Å². The van der Waals surface area contributed by atoms with Crippen LogP contribution in [0.4, 0.5) is 5.69 Å². The lowest BCUT2D eigenvalue weighted by molar-refractivity contribution is 0.100. The first-order valence-corrected chi connectivity index (χ1v) is 4.72. The zero-order valence-corrected chi connectivity index (χ0v) is 8.85. The average Bonchev–Trinajstić information content (AvgIpc) is 2.70. The number of halogens is 1. The van der Waals surface area contributed by atoms with Crippen LogP contribution in [-0.2, 0) is 0 Å². The van der Waals surface area contributed by atoms with Crippen LogP contribution in [0.1, 0.15) is 10.4 Å². The Labute approximate surface area is 95.8 Å². The molecule has 0 aliphatic heterocycles. The van der Waals surface area contributed by atoms with E-state index >= 15 is 0 Å². The molecule has 2 aromatic heterocycles. The first-order valence-electron chi connectivity index (χ1n) is 4.35. The highest BCUT2D eigenvalue weighted by Crippen LogP contribution is 2.17. The van der Waals surface area contributed by atoms with E-state index in [2.05, 4.69) is 10.1 Å². The second kappa shape index (κ2) is 3.82. The molecule has 82 valence electrons. The Morgan fingerprint density at radius 1 is 1.44 bits per heavy atom. The smallest absolute Gasteiger partial charge is 0.251 e. The Balaban J connectivity index is 2.50. The molecule has 0 spiro atoms. The molecule has 2 rings (SSSR count). The lowest BCUT2D eigenvalue weighted by Crippen LogP contribution is -2.09. The van der Waals surface area contributed by atoms with Gasteiger partial charge in [-0.15, -0.1) is 0 Å². The van der Waals surface area contributed by atoms with Gasteiger partial charge in [0.1, 0.15) is 5.15 Å². The molecule has 0 radical (unpaired) electrons. The van der Waals surface area contributed by atoms with Gasteiger partial charge in [0.25, 0.3) is 5.91 Å². The molecule has 2 aromatic rings. The molecular formula is C9H8ClN5O. The van der Waals surface area contributed by atoms with E-state index in [1.165, 1.54) is 17.1 Å². The lowest BCUT2D eigenvalue weighted by atomic mass is 10.3. The standard InChI is InChI=1S/C9H8ClN5O/c10-7-2-1-6(11)9(14-7)15-4-5(3-13-15)8(12)16/h1-4H,11H2,(H2,12,16). The summed E-state index contributed by atoms with van der Waals surface area (Å²) < 4.78 is 1.35. The zero-order chi connectivity index (χ0) is 11.7. The monoisotopic (exact) mass is 237 g/mol. The largest absolute Gasteiger partial charge is 0.396 e. The summed E-state index contributed by atoms with van der Waals surface area (Å²) in [7, 11) is 0. The van der Waals surface area contributed by atoms with Gasteiger partial charge in [0.05, 0.1) is 17.4 Å². The molecule has 4 N–H and O–H groups in total. The summed E-state index contributed by atoms with van der Waals surface area (Å²) in [5.74, 6) is -0.202. The van der Waals surface area contributed by atoms with Crippen LogP contribution in [0.3, 0.4) is 0 Å². The van der Waals surface area contributed by atoms with Crippen molar-refractivity contribution in [2.45, 2.75) is 0 Å². The number of anilines is 1. The second-order valence-corrected chi connectivity index (χ2v) is 3.47. The predicted molar refractivity (Wildman–Crippen MR) is 59.3 cm³/mol. The highest BCUT2D eigenvalue weighted by molar-refractivity contribution is 6.29. The van der Waals surface area contributed by atoms with Crippen molar-refractivity contribution in [1.29, 1.82) is 0 Å². The van der Waals surface area contributed by atoms with E-state index < -0.39 is 5.91 Å². The fraction of sp³-hybridized carbons (Fsp3) is 0. The molecule has 16 heavy (non-hydrogen) atoms. The molecule has 2 heterocycles. The number of nitrogen functional groups attached to an aromatic ring is 1. The van der Waals surface area contributed by atoms with Gasteiger partial charge >= 0.3 is 0 Å². The van der Waals surface area contributed by atoms with Gasteiger partial charge in [-0.25, -0.2) is 9.67 Å². The fourth-order valence-electron chi connectivity index (χ4n) is 1.19. The molecule has 0 unspecified atom stereocenters. The van der Waals surface area contributed by atoms with Crippen molar-refractivity contribution in [3.63, 3.8) is 0 Å². The topological polar surface area (TPSA) is 99.8 Å². The van der Waals surface area contributed by atoms with E-state index in [9.17, 15) is 4.79 Å². The van der Waals surface area contributed by atoms with Crippen molar-refractivity contribution in [2.24, 2.45) is 5.73 Å². The number of rotatable bonds is 2. The van der Waals surface area contributed by atoms with Crippen molar-refractivity contribution in [2.75, 3.05) is 5.73 Å². The number of nitrogens with zero attached hydrogens (tertiary/aromatic N) is 3. The Kier molecular flexibility index (Phi) is 2.49. The van der Waals surface area contributed by atoms with E-state index in [1.807, 2.05) is 0 Å². The number of amides is 1. The van der Waals surface area contributed by atoms with Gasteiger partial charge in [-0.3, -0.25) is 4.79 Å². The van der Waals surface area contributed by atoms with Crippen LogP contribution in [0.2, 0.25) is 5.15 Å². The third-order valence-corrected chi connectivity index (χ3v) is 2.17. The van der Waals surface area contributed by atoms with Crippen molar-refractivity contribution < 1.29 is 4.79 Å². The number of carbonyl (C=O) groups excluding carboxylic acids is 1. The summed E-state index contributed by atoms with van der Waals surface area (Å²) in [6.45, 7) is 0. The van der Waals surface area contributed by atoms with Gasteiger partial charge in [-0.1, -0.05) is 11.6 Å². The molecule has 1 amide bonds. The van der Waals surface area contributed by atoms with E-state index in [1.54, 1.807) is 12.1 Å². The number of nitrogens with two attached hydrogens (primary N) is 2. The molecule has 0 aromatic carbocycles. The third-order valence-electron chi connectivity index (χ3n) is 1.96. The quantitative estimate of drug-likeness (QED) is 0.747. The second-order valence-electron chi connectivity index (χ2n) is 3.08. The average molecular weight is 238 g/mol. The number of hydrogen-bond acceptors (Lipinski definition) is 4. The maximum absolute atomic E-state index is 10.9. The molecule has 6 nitrogen and oxygen atoms in total. The van der Waals surface area contributed by atoms with E-state index in [4.69, 9.17) is 23.1 Å². The maximum atomic E-state index is 10.9. The number of hydrogen-bond donors (Lipinski definition) is 2. The summed E-state index contributed by atoms with van der Waals surface area (Å²) in [6, 6.07) is 3.18. The van der Waals surface area contributed by atoms with Gasteiger partial charge in [-0.2, -0.15) is 5.10 Å². The number of pyridine rings is 1. The molecule has 0 fully saturated rings. The highest BCUT2D eigenvalue weighted by atomic mass is 35.5. The van der Waals surface area contributed by atoms with Gasteiger partial charge in [0.2, 0.25) is 0 Å². The minimum atomic E-state index is -0.563. The molecule has 7 heteroatoms. The van der Waals surface area contributed by atoms with E-state index in [-0.39, 0.29) is 5.56 Å². The fourth-order valence-corrected chi connectivity index (χ4v) is 1.33. The molecular weight excluding hydrogens is 230 g/mol. The number of carbonyl (C=O) groups is 1. The third kappa shape index (κ3) is 1.82. The highest BCUT2D eigenvalue weighted by Gasteiger charge is 2.09. The predicted octanol–water partition coefficient (Wildman–Crippen LogP) is 0.602. The molecule has 0 atom stereocenters. The van der Waals surface area contributed by atoms with Crippen molar-refractivity contribution in [3.05, 3.63) is 35.2 Å². The van der Waals surface area contributed by atoms with Crippen LogP contribution in [0.25, 0.3) is 5.82 Å². The Morgan fingerprint density at radius 2 is 2.19 bits per heavy atom. The summed E-state index contributed by atoms with van der Waals surface area (Å²) in [4.78, 5) is 14.9. The van der Waals surface area contributed by atoms with Crippen LogP contribution in [-0.4, -0.2) is 20.7 Å². The Bertz CT molecular complexity index is 551. The molecule has 0 bridgehead atoms. The van der Waals surface area contributed by atoms with Crippen molar-refractivity contribution >= 4 is 23.2 Å². The Morgan fingerprint density at radius 3 is 2.81 bits per heavy atom. The normalized spacial score (nSPS) is 10.3. The molecule has 0 saturated carbocycles. The SMILES string of the molecule is NC(=O)c1cnn(-c2nc(Cl)ccc2N)c1. The maximum Gasteiger partial charge on any atom is 0.251 e. The number of primary amides is 1. The van der Waals surface area contributed by atoms with Gasteiger partial charge < -0.3 is 11.5 Å².